The van der Waals surface area contributed by atoms with Gasteiger partial charge in [0.1, 0.15) is 0 Å². The number of rotatable bonds is 12. The van der Waals surface area contributed by atoms with Gasteiger partial charge in [-0.25, -0.2) is 0 Å². The summed E-state index contributed by atoms with van der Waals surface area (Å²) in [4.78, 5) is 0. The summed E-state index contributed by atoms with van der Waals surface area (Å²) in [5.74, 6) is 0.320. The molecule has 0 aromatic carbocycles. The summed E-state index contributed by atoms with van der Waals surface area (Å²) in [5, 5.41) is 0. The molecule has 21 heavy (non-hydrogen) atoms. The van der Waals surface area contributed by atoms with Gasteiger partial charge in [-0.05, 0) is 18.8 Å². The smallest absolute Gasteiger partial charge is 0.377 e. The van der Waals surface area contributed by atoms with Crippen LogP contribution in [0.3, 0.4) is 0 Å². The van der Waals surface area contributed by atoms with Gasteiger partial charge in [-0.2, -0.15) is 0 Å². The zero-order valence-corrected chi connectivity index (χ0v) is 16.6. The standard InChI is InChI=1S/C13H31O6Si2/c1-12(2)13(21(17-6,18-7)19-8)10-9-11-20(14-3,15-4)16-5/h12H,9-11H2,1-8H3. The molecular weight excluding hydrogens is 308 g/mol. The predicted molar refractivity (Wildman–Crippen MR) is 85.7 cm³/mol. The molecule has 0 aromatic rings. The van der Waals surface area contributed by atoms with Crippen molar-refractivity contribution in [2.75, 3.05) is 42.7 Å². The maximum absolute atomic E-state index is 5.60. The highest BCUT2D eigenvalue weighted by Crippen LogP contribution is 2.33. The van der Waals surface area contributed by atoms with Gasteiger partial charge in [0.05, 0.1) is 5.54 Å². The van der Waals surface area contributed by atoms with Crippen LogP contribution in [0.2, 0.25) is 6.04 Å². The molecule has 8 heteroatoms. The van der Waals surface area contributed by atoms with Crippen molar-refractivity contribution in [3.8, 4) is 0 Å². The highest BCUT2D eigenvalue weighted by Gasteiger charge is 2.49. The molecule has 6 nitrogen and oxygen atoms in total. The molecule has 0 aliphatic carbocycles. The van der Waals surface area contributed by atoms with Crippen LogP contribution in [0.15, 0.2) is 0 Å². The molecule has 0 aliphatic heterocycles. The van der Waals surface area contributed by atoms with Gasteiger partial charge in [0.15, 0.2) is 0 Å². The highest BCUT2D eigenvalue weighted by molar-refractivity contribution is 6.67. The van der Waals surface area contributed by atoms with Crippen LogP contribution in [0.5, 0.6) is 0 Å². The molecule has 0 aliphatic rings. The van der Waals surface area contributed by atoms with Gasteiger partial charge in [-0.1, -0.05) is 13.8 Å². The second-order valence-electron chi connectivity index (χ2n) is 5.00. The Labute approximate surface area is 131 Å². The fourth-order valence-corrected chi connectivity index (χ4v) is 6.69. The summed E-state index contributed by atoms with van der Waals surface area (Å²) in [5.41, 5.74) is 1.18. The van der Waals surface area contributed by atoms with E-state index in [4.69, 9.17) is 26.6 Å². The summed E-state index contributed by atoms with van der Waals surface area (Å²) in [7, 11) is 4.55. The van der Waals surface area contributed by atoms with Gasteiger partial charge in [-0.15, -0.1) is 0 Å². The van der Waals surface area contributed by atoms with Crippen LogP contribution in [0.4, 0.5) is 0 Å². The van der Waals surface area contributed by atoms with Crippen molar-refractivity contribution in [1.82, 2.24) is 0 Å². The molecule has 0 atom stereocenters. The van der Waals surface area contributed by atoms with Crippen LogP contribution in [-0.2, 0) is 26.6 Å². The van der Waals surface area contributed by atoms with Crippen molar-refractivity contribution in [2.24, 2.45) is 5.92 Å². The molecule has 0 N–H and O–H groups in total. The lowest BCUT2D eigenvalue weighted by molar-refractivity contribution is 0.116. The molecule has 0 fully saturated rings. The third-order valence-electron chi connectivity index (χ3n) is 3.76. The van der Waals surface area contributed by atoms with E-state index in [0.29, 0.717) is 5.92 Å². The Hall–Kier alpha value is 0.194. The van der Waals surface area contributed by atoms with E-state index in [1.165, 1.54) is 5.54 Å². The molecule has 0 bridgehead atoms. The van der Waals surface area contributed by atoms with Crippen molar-refractivity contribution in [3.63, 3.8) is 0 Å². The summed E-state index contributed by atoms with van der Waals surface area (Å²) in [6.45, 7) is 4.25. The largest absolute Gasteiger partial charge is 0.507 e. The molecule has 1 radical (unpaired) electrons. The maximum Gasteiger partial charge on any atom is 0.507 e. The first-order chi connectivity index (χ1) is 9.90. The van der Waals surface area contributed by atoms with Crippen LogP contribution in [-0.4, -0.2) is 60.3 Å². The summed E-state index contributed by atoms with van der Waals surface area (Å²) >= 11 is 0. The molecule has 0 saturated carbocycles. The Morgan fingerprint density at radius 2 is 1.19 bits per heavy atom. The van der Waals surface area contributed by atoms with E-state index in [-0.39, 0.29) is 0 Å². The summed E-state index contributed by atoms with van der Waals surface area (Å²) in [6, 6.07) is 0.744. The fourth-order valence-electron chi connectivity index (χ4n) is 2.49. The maximum atomic E-state index is 5.60. The van der Waals surface area contributed by atoms with E-state index in [1.807, 2.05) is 0 Å². The first kappa shape index (κ1) is 21.2. The fraction of sp³-hybridized carbons (Fsp3) is 0.923. The SMILES string of the molecule is CO[Si](CCC[C](C(C)C)[Si](OC)(OC)OC)(OC)OC. The van der Waals surface area contributed by atoms with Crippen LogP contribution in [0, 0.1) is 11.5 Å². The first-order valence-corrected chi connectivity index (χ1v) is 10.7. The monoisotopic (exact) mass is 339 g/mol. The van der Waals surface area contributed by atoms with Crippen LogP contribution in [0.25, 0.3) is 0 Å². The van der Waals surface area contributed by atoms with Crippen LogP contribution in [0.1, 0.15) is 26.7 Å². The van der Waals surface area contributed by atoms with Crippen molar-refractivity contribution in [2.45, 2.75) is 32.7 Å². The second kappa shape index (κ2) is 10.1. The quantitative estimate of drug-likeness (QED) is 0.509. The van der Waals surface area contributed by atoms with Gasteiger partial charge >= 0.3 is 17.6 Å². The lowest BCUT2D eigenvalue weighted by Crippen LogP contribution is -2.51. The molecule has 0 amide bonds. The van der Waals surface area contributed by atoms with E-state index in [1.54, 1.807) is 42.7 Å². The van der Waals surface area contributed by atoms with Gasteiger partial charge in [0.2, 0.25) is 0 Å². The van der Waals surface area contributed by atoms with Crippen molar-refractivity contribution >= 4 is 17.6 Å². The van der Waals surface area contributed by atoms with Crippen LogP contribution >= 0.6 is 0 Å². The predicted octanol–water partition coefficient (Wildman–Crippen LogP) is 2.29. The topological polar surface area (TPSA) is 55.4 Å². The minimum Gasteiger partial charge on any atom is -0.377 e. The minimum atomic E-state index is -2.73. The highest BCUT2D eigenvalue weighted by atomic mass is 28.4. The van der Waals surface area contributed by atoms with Gasteiger partial charge in [0, 0.05) is 48.7 Å². The summed E-state index contributed by atoms with van der Waals surface area (Å²) < 4.78 is 33.1. The Kier molecular flexibility index (Phi) is 10.2. The van der Waals surface area contributed by atoms with E-state index in [0.717, 1.165) is 18.9 Å². The van der Waals surface area contributed by atoms with Crippen molar-refractivity contribution in [3.05, 3.63) is 5.54 Å². The molecular formula is C13H31O6Si2. The van der Waals surface area contributed by atoms with E-state index < -0.39 is 17.6 Å². The Balaban J connectivity index is 4.81. The molecule has 0 rings (SSSR count). The third-order valence-corrected chi connectivity index (χ3v) is 9.82. The Morgan fingerprint density at radius 3 is 1.48 bits per heavy atom. The molecule has 0 unspecified atom stereocenters. The van der Waals surface area contributed by atoms with Gasteiger partial charge in [0.25, 0.3) is 0 Å². The average molecular weight is 340 g/mol. The second-order valence-corrected chi connectivity index (χ2v) is 11.1. The van der Waals surface area contributed by atoms with Gasteiger partial charge < -0.3 is 26.6 Å². The lowest BCUT2D eigenvalue weighted by Gasteiger charge is -2.34. The Bertz CT molecular complexity index is 253. The molecule has 0 heterocycles. The molecule has 0 spiro atoms. The van der Waals surface area contributed by atoms with Crippen molar-refractivity contribution in [1.29, 1.82) is 0 Å². The van der Waals surface area contributed by atoms with Crippen molar-refractivity contribution < 1.29 is 26.6 Å². The summed E-state index contributed by atoms with van der Waals surface area (Å²) in [6.07, 6.45) is 1.71. The zero-order chi connectivity index (χ0) is 16.5. The van der Waals surface area contributed by atoms with Gasteiger partial charge in [-0.3, -0.25) is 0 Å². The minimum absolute atomic E-state index is 0.320. The average Bonchev–Trinajstić information content (AvgIpc) is 2.52. The molecule has 0 aromatic heterocycles. The molecule has 0 saturated heterocycles. The molecule has 127 valence electrons. The zero-order valence-electron chi connectivity index (χ0n) is 14.6. The Morgan fingerprint density at radius 1 is 0.762 bits per heavy atom. The van der Waals surface area contributed by atoms with E-state index >= 15 is 0 Å². The first-order valence-electron chi connectivity index (χ1n) is 7.07. The van der Waals surface area contributed by atoms with E-state index in [9.17, 15) is 0 Å². The van der Waals surface area contributed by atoms with E-state index in [2.05, 4.69) is 13.8 Å². The third kappa shape index (κ3) is 5.40. The number of hydrogen-bond acceptors (Lipinski definition) is 6. The van der Waals surface area contributed by atoms with Crippen LogP contribution < -0.4 is 0 Å². The number of hydrogen-bond donors (Lipinski definition) is 0. The normalized spacial score (nSPS) is 13.4. The lowest BCUT2D eigenvalue weighted by atomic mass is 10.1.